The first kappa shape index (κ1) is 15.9. The lowest BCUT2D eigenvalue weighted by molar-refractivity contribution is 0.0184. The standard InChI is InChI=1S/C17H24BNO2/c1-17(2,3)21-16(20)19-9-7-13(8-10-19)11-14-5-4-6-15(18)12-14/h4-6,12-13H,7-11H2,1-3H3. The zero-order valence-corrected chi connectivity index (χ0v) is 13.3. The molecule has 0 unspecified atom stereocenters. The Labute approximate surface area is 129 Å². The average Bonchev–Trinajstić information content (AvgIpc) is 2.37. The van der Waals surface area contributed by atoms with Gasteiger partial charge in [0.15, 0.2) is 0 Å². The van der Waals surface area contributed by atoms with Crippen molar-refractivity contribution in [2.24, 2.45) is 5.92 Å². The molecule has 21 heavy (non-hydrogen) atoms. The number of carbonyl (C=O) groups is 1. The molecular formula is C17H24BNO2. The molecular weight excluding hydrogens is 261 g/mol. The number of nitrogens with zero attached hydrogens (tertiary/aromatic N) is 1. The fourth-order valence-corrected chi connectivity index (χ4v) is 2.70. The lowest BCUT2D eigenvalue weighted by Crippen LogP contribution is -2.42. The van der Waals surface area contributed by atoms with E-state index in [-0.39, 0.29) is 6.09 Å². The van der Waals surface area contributed by atoms with Crippen LogP contribution in [-0.4, -0.2) is 37.5 Å². The summed E-state index contributed by atoms with van der Waals surface area (Å²) in [5.74, 6) is 0.616. The Morgan fingerprint density at radius 1 is 1.33 bits per heavy atom. The minimum atomic E-state index is -0.421. The molecule has 0 N–H and O–H groups in total. The predicted octanol–water partition coefficient (Wildman–Crippen LogP) is 2.67. The highest BCUT2D eigenvalue weighted by atomic mass is 16.6. The fraction of sp³-hybridized carbons (Fsp3) is 0.588. The first-order valence-corrected chi connectivity index (χ1v) is 7.66. The Kier molecular flexibility index (Phi) is 4.97. The lowest BCUT2D eigenvalue weighted by Gasteiger charge is -2.33. The van der Waals surface area contributed by atoms with Crippen LogP contribution in [0.25, 0.3) is 0 Å². The first-order valence-electron chi connectivity index (χ1n) is 7.66. The molecule has 1 amide bonds. The van der Waals surface area contributed by atoms with Crippen LogP contribution in [0.2, 0.25) is 0 Å². The zero-order chi connectivity index (χ0) is 15.5. The second-order valence-electron chi connectivity index (χ2n) is 6.86. The Balaban J connectivity index is 1.82. The first-order chi connectivity index (χ1) is 9.83. The van der Waals surface area contributed by atoms with E-state index in [1.165, 1.54) is 5.56 Å². The topological polar surface area (TPSA) is 29.5 Å². The minimum Gasteiger partial charge on any atom is -0.444 e. The Bertz CT molecular complexity index is 488. The third-order valence-corrected chi connectivity index (χ3v) is 3.74. The number of amides is 1. The molecule has 0 aromatic heterocycles. The minimum absolute atomic E-state index is 0.190. The van der Waals surface area contributed by atoms with Crippen LogP contribution in [-0.2, 0) is 11.2 Å². The van der Waals surface area contributed by atoms with E-state index in [2.05, 4.69) is 6.07 Å². The largest absolute Gasteiger partial charge is 0.444 e. The van der Waals surface area contributed by atoms with Crippen LogP contribution in [0.1, 0.15) is 39.2 Å². The Morgan fingerprint density at radius 2 is 2.00 bits per heavy atom. The summed E-state index contributed by atoms with van der Waals surface area (Å²) in [6, 6.07) is 8.08. The number of hydrogen-bond acceptors (Lipinski definition) is 2. The number of likely N-dealkylation sites (tertiary alicyclic amines) is 1. The number of hydrogen-bond donors (Lipinski definition) is 0. The number of carbonyl (C=O) groups excluding carboxylic acids is 1. The highest BCUT2D eigenvalue weighted by Gasteiger charge is 2.26. The van der Waals surface area contributed by atoms with E-state index in [4.69, 9.17) is 12.6 Å². The summed E-state index contributed by atoms with van der Waals surface area (Å²) in [6.07, 6.45) is 2.89. The molecule has 1 heterocycles. The molecule has 1 fully saturated rings. The van der Waals surface area contributed by atoms with Crippen molar-refractivity contribution >= 4 is 19.4 Å². The van der Waals surface area contributed by atoms with Crippen molar-refractivity contribution in [3.8, 4) is 0 Å². The average molecular weight is 285 g/mol. The van der Waals surface area contributed by atoms with Crippen LogP contribution >= 0.6 is 0 Å². The SMILES string of the molecule is [B]c1cccc(CC2CCN(C(=O)OC(C)(C)C)CC2)c1. The summed E-state index contributed by atoms with van der Waals surface area (Å²) in [4.78, 5) is 13.8. The summed E-state index contributed by atoms with van der Waals surface area (Å²) in [5.41, 5.74) is 1.68. The van der Waals surface area contributed by atoms with Crippen LogP contribution in [0.5, 0.6) is 0 Å². The van der Waals surface area contributed by atoms with Crippen molar-refractivity contribution in [1.29, 1.82) is 0 Å². The molecule has 3 nitrogen and oxygen atoms in total. The predicted molar refractivity (Wildman–Crippen MR) is 86.1 cm³/mol. The van der Waals surface area contributed by atoms with E-state index in [9.17, 15) is 4.79 Å². The molecule has 1 saturated heterocycles. The van der Waals surface area contributed by atoms with Crippen LogP contribution in [0, 0.1) is 5.92 Å². The van der Waals surface area contributed by atoms with Gasteiger partial charge in [-0.25, -0.2) is 4.79 Å². The zero-order valence-electron chi connectivity index (χ0n) is 13.3. The maximum atomic E-state index is 12.0. The third kappa shape index (κ3) is 5.11. The Hall–Kier alpha value is -1.45. The van der Waals surface area contributed by atoms with Crippen molar-refractivity contribution in [2.75, 3.05) is 13.1 Å². The molecule has 0 atom stereocenters. The second kappa shape index (κ2) is 6.55. The maximum Gasteiger partial charge on any atom is 0.410 e. The number of rotatable bonds is 2. The molecule has 112 valence electrons. The molecule has 4 heteroatoms. The van der Waals surface area contributed by atoms with Gasteiger partial charge in [0.05, 0.1) is 0 Å². The summed E-state index contributed by atoms with van der Waals surface area (Å²) in [6.45, 7) is 7.26. The normalized spacial score (nSPS) is 16.8. The number of piperidine rings is 1. The summed E-state index contributed by atoms with van der Waals surface area (Å²) < 4.78 is 5.42. The quantitative estimate of drug-likeness (QED) is 0.782. The molecule has 2 radical (unpaired) electrons. The lowest BCUT2D eigenvalue weighted by atomic mass is 9.87. The van der Waals surface area contributed by atoms with Gasteiger partial charge >= 0.3 is 6.09 Å². The number of benzene rings is 1. The highest BCUT2D eigenvalue weighted by molar-refractivity contribution is 6.32. The van der Waals surface area contributed by atoms with Gasteiger partial charge in [-0.3, -0.25) is 0 Å². The second-order valence-corrected chi connectivity index (χ2v) is 6.86. The maximum absolute atomic E-state index is 12.0. The van der Waals surface area contributed by atoms with Crippen molar-refractivity contribution < 1.29 is 9.53 Å². The number of ether oxygens (including phenoxy) is 1. The highest BCUT2D eigenvalue weighted by Crippen LogP contribution is 2.22. The monoisotopic (exact) mass is 285 g/mol. The van der Waals surface area contributed by atoms with Crippen LogP contribution in [0.3, 0.4) is 0 Å². The third-order valence-electron chi connectivity index (χ3n) is 3.74. The molecule has 0 aliphatic carbocycles. The van der Waals surface area contributed by atoms with Gasteiger partial charge in [-0.2, -0.15) is 0 Å². The van der Waals surface area contributed by atoms with Crippen LogP contribution < -0.4 is 5.46 Å². The van der Waals surface area contributed by atoms with Gasteiger partial charge in [0.2, 0.25) is 0 Å². The summed E-state index contributed by atoms with van der Waals surface area (Å²) >= 11 is 0. The Morgan fingerprint density at radius 3 is 2.57 bits per heavy atom. The summed E-state index contributed by atoms with van der Waals surface area (Å²) in [7, 11) is 5.81. The van der Waals surface area contributed by atoms with Gasteiger partial charge in [-0.15, -0.1) is 0 Å². The van der Waals surface area contributed by atoms with E-state index in [0.717, 1.165) is 37.8 Å². The molecule has 1 aromatic rings. The molecule has 1 aliphatic heterocycles. The van der Waals surface area contributed by atoms with Gasteiger partial charge in [0.1, 0.15) is 13.4 Å². The van der Waals surface area contributed by atoms with Crippen molar-refractivity contribution in [1.82, 2.24) is 4.90 Å². The van der Waals surface area contributed by atoms with E-state index >= 15 is 0 Å². The van der Waals surface area contributed by atoms with Crippen molar-refractivity contribution in [2.45, 2.75) is 45.6 Å². The van der Waals surface area contributed by atoms with Gasteiger partial charge < -0.3 is 9.64 Å². The smallest absolute Gasteiger partial charge is 0.410 e. The van der Waals surface area contributed by atoms with Crippen molar-refractivity contribution in [3.05, 3.63) is 29.8 Å². The molecule has 0 spiro atoms. The fourth-order valence-electron chi connectivity index (χ4n) is 2.70. The molecule has 1 aromatic carbocycles. The van der Waals surface area contributed by atoms with Gasteiger partial charge in [0, 0.05) is 13.1 Å². The van der Waals surface area contributed by atoms with Gasteiger partial charge in [-0.05, 0) is 51.5 Å². The van der Waals surface area contributed by atoms with Crippen molar-refractivity contribution in [3.63, 3.8) is 0 Å². The van der Waals surface area contributed by atoms with Gasteiger partial charge in [0.25, 0.3) is 0 Å². The molecule has 1 aliphatic rings. The van der Waals surface area contributed by atoms with E-state index in [1.807, 2.05) is 43.9 Å². The van der Waals surface area contributed by atoms with E-state index < -0.39 is 5.60 Å². The molecule has 2 rings (SSSR count). The van der Waals surface area contributed by atoms with Crippen LogP contribution in [0.15, 0.2) is 24.3 Å². The molecule has 0 saturated carbocycles. The summed E-state index contributed by atoms with van der Waals surface area (Å²) in [5, 5.41) is 0. The van der Waals surface area contributed by atoms with Crippen LogP contribution in [0.4, 0.5) is 4.79 Å². The van der Waals surface area contributed by atoms with Gasteiger partial charge in [-0.1, -0.05) is 29.7 Å². The molecule has 0 bridgehead atoms. The van der Waals surface area contributed by atoms with E-state index in [0.29, 0.717) is 5.92 Å². The van der Waals surface area contributed by atoms with E-state index in [1.54, 1.807) is 0 Å².